The van der Waals surface area contributed by atoms with E-state index in [2.05, 4.69) is 60.0 Å². The molecule has 1 aromatic carbocycles. The first-order valence-corrected chi connectivity index (χ1v) is 12.8. The molecule has 1 atom stereocenters. The third-order valence-corrected chi connectivity index (χ3v) is 7.75. The van der Waals surface area contributed by atoms with E-state index < -0.39 is 0 Å². The van der Waals surface area contributed by atoms with Crippen molar-refractivity contribution in [1.29, 1.82) is 0 Å². The molecule has 2 aliphatic rings. The van der Waals surface area contributed by atoms with Gasteiger partial charge < -0.3 is 14.5 Å². The number of pyridine rings is 1. The summed E-state index contributed by atoms with van der Waals surface area (Å²) >= 11 is 0. The lowest BCUT2D eigenvalue weighted by Gasteiger charge is -2.39. The van der Waals surface area contributed by atoms with Crippen molar-refractivity contribution in [3.8, 4) is 11.5 Å². The number of ether oxygens (including phenoxy) is 2. The van der Waals surface area contributed by atoms with Crippen molar-refractivity contribution in [3.63, 3.8) is 0 Å². The van der Waals surface area contributed by atoms with Crippen molar-refractivity contribution >= 4 is 10.9 Å². The predicted octanol–water partition coefficient (Wildman–Crippen LogP) is 4.53. The summed E-state index contributed by atoms with van der Waals surface area (Å²) in [5.41, 5.74) is 1.22. The molecule has 3 heterocycles. The second-order valence-corrected chi connectivity index (χ2v) is 10.8. The Morgan fingerprint density at radius 2 is 1.89 bits per heavy atom. The molecule has 188 valence electrons. The Bertz CT molecular complexity index is 1260. The fraction of sp³-hybridized carbons (Fsp3) is 0.615. The summed E-state index contributed by atoms with van der Waals surface area (Å²) in [6, 6.07) is 6.15. The third kappa shape index (κ3) is 4.42. The van der Waals surface area contributed by atoms with Gasteiger partial charge in [0.05, 0.1) is 17.1 Å². The van der Waals surface area contributed by atoms with Crippen LogP contribution in [0, 0.1) is 5.92 Å². The second-order valence-electron chi connectivity index (χ2n) is 10.8. The van der Waals surface area contributed by atoms with Crippen LogP contribution in [0.2, 0.25) is 0 Å². The molecule has 3 aromatic rings. The van der Waals surface area contributed by atoms with E-state index in [0.29, 0.717) is 24.1 Å². The first-order valence-electron chi connectivity index (χ1n) is 12.8. The molecule has 9 heteroatoms. The van der Waals surface area contributed by atoms with Gasteiger partial charge in [0.25, 0.3) is 5.56 Å². The van der Waals surface area contributed by atoms with Crippen molar-refractivity contribution in [2.45, 2.75) is 90.9 Å². The maximum absolute atomic E-state index is 13.2. The second kappa shape index (κ2) is 9.26. The SMILES string of the molecule is CCC(C)(C)n1nnnc1[C@H](C(C)C)N(Cc1cc2cc3c(cc2[nH]c1=O)OCO3)C1CCCC1. The number of nitrogens with zero attached hydrogens (tertiary/aromatic N) is 5. The van der Waals surface area contributed by atoms with Gasteiger partial charge in [-0.1, -0.05) is 33.6 Å². The third-order valence-electron chi connectivity index (χ3n) is 7.75. The highest BCUT2D eigenvalue weighted by molar-refractivity contribution is 5.83. The van der Waals surface area contributed by atoms with Crippen LogP contribution in [-0.4, -0.2) is 42.9 Å². The standard InChI is InChI=1S/C26H36N6O3/c1-6-26(4,5)32-24(28-29-30-32)23(16(2)3)31(19-9-7-8-10-19)14-18-11-17-12-21-22(35-15-34-21)13-20(17)27-25(18)33/h11-13,16,19,23H,6-10,14-15H2,1-5H3,(H,27,33)/t23-/m0/s1. The summed E-state index contributed by atoms with van der Waals surface area (Å²) in [5, 5.41) is 14.0. The largest absolute Gasteiger partial charge is 0.454 e. The van der Waals surface area contributed by atoms with E-state index in [9.17, 15) is 4.79 Å². The molecule has 9 nitrogen and oxygen atoms in total. The van der Waals surface area contributed by atoms with Gasteiger partial charge in [-0.15, -0.1) is 5.10 Å². The van der Waals surface area contributed by atoms with Gasteiger partial charge in [0, 0.05) is 29.6 Å². The molecule has 0 bridgehead atoms. The number of hydrogen-bond donors (Lipinski definition) is 1. The van der Waals surface area contributed by atoms with Gasteiger partial charge in [-0.25, -0.2) is 4.68 Å². The van der Waals surface area contributed by atoms with Gasteiger partial charge in [0.2, 0.25) is 6.79 Å². The molecule has 0 radical (unpaired) electrons. The Kier molecular flexibility index (Phi) is 6.29. The maximum atomic E-state index is 13.2. The molecule has 1 aliphatic carbocycles. The molecule has 0 unspecified atom stereocenters. The molecule has 35 heavy (non-hydrogen) atoms. The molecule has 1 aliphatic heterocycles. The number of fused-ring (bicyclic) bond motifs is 2. The molecule has 1 fully saturated rings. The van der Waals surface area contributed by atoms with Crippen LogP contribution in [0.3, 0.4) is 0 Å². The van der Waals surface area contributed by atoms with E-state index in [1.165, 1.54) is 12.8 Å². The normalized spacial score (nSPS) is 17.2. The number of H-pyrrole nitrogens is 1. The number of benzene rings is 1. The molecule has 0 saturated heterocycles. The lowest BCUT2D eigenvalue weighted by molar-refractivity contribution is 0.0791. The monoisotopic (exact) mass is 480 g/mol. The van der Waals surface area contributed by atoms with Gasteiger partial charge in [0.15, 0.2) is 17.3 Å². The maximum Gasteiger partial charge on any atom is 0.252 e. The Morgan fingerprint density at radius 3 is 2.57 bits per heavy atom. The highest BCUT2D eigenvalue weighted by Gasteiger charge is 2.37. The van der Waals surface area contributed by atoms with Crippen molar-refractivity contribution in [2.24, 2.45) is 5.92 Å². The van der Waals surface area contributed by atoms with E-state index in [4.69, 9.17) is 9.47 Å². The van der Waals surface area contributed by atoms with E-state index in [0.717, 1.165) is 41.6 Å². The number of aromatic nitrogens is 5. The van der Waals surface area contributed by atoms with Crippen LogP contribution in [0.4, 0.5) is 0 Å². The Hall–Kier alpha value is -2.94. The molecule has 2 aromatic heterocycles. The summed E-state index contributed by atoms with van der Waals surface area (Å²) in [4.78, 5) is 18.8. The fourth-order valence-electron chi connectivity index (χ4n) is 5.43. The van der Waals surface area contributed by atoms with E-state index in [-0.39, 0.29) is 29.9 Å². The van der Waals surface area contributed by atoms with Crippen LogP contribution in [0.5, 0.6) is 11.5 Å². The average molecular weight is 481 g/mol. The zero-order valence-corrected chi connectivity index (χ0v) is 21.4. The molecule has 1 N–H and O–H groups in total. The number of hydrogen-bond acceptors (Lipinski definition) is 7. The summed E-state index contributed by atoms with van der Waals surface area (Å²) in [6.45, 7) is 11.7. The molecule has 0 amide bonds. The smallest absolute Gasteiger partial charge is 0.252 e. The summed E-state index contributed by atoms with van der Waals surface area (Å²) in [7, 11) is 0. The van der Waals surface area contributed by atoms with E-state index in [1.807, 2.05) is 22.9 Å². The van der Waals surface area contributed by atoms with Gasteiger partial charge >= 0.3 is 0 Å². The molecular weight excluding hydrogens is 444 g/mol. The van der Waals surface area contributed by atoms with Crippen molar-refractivity contribution in [1.82, 2.24) is 30.1 Å². The lowest BCUT2D eigenvalue weighted by Crippen LogP contribution is -2.42. The number of nitrogens with one attached hydrogen (secondary N) is 1. The van der Waals surface area contributed by atoms with Crippen molar-refractivity contribution < 1.29 is 9.47 Å². The van der Waals surface area contributed by atoms with Crippen molar-refractivity contribution in [3.05, 3.63) is 39.9 Å². The topological polar surface area (TPSA) is 98.2 Å². The Morgan fingerprint density at radius 1 is 1.17 bits per heavy atom. The minimum Gasteiger partial charge on any atom is -0.454 e. The summed E-state index contributed by atoms with van der Waals surface area (Å²) in [6.07, 6.45) is 5.56. The quantitative estimate of drug-likeness (QED) is 0.506. The van der Waals surface area contributed by atoms with Crippen LogP contribution in [-0.2, 0) is 12.1 Å². The van der Waals surface area contributed by atoms with Crippen LogP contribution < -0.4 is 15.0 Å². The Labute approximate surface area is 205 Å². The van der Waals surface area contributed by atoms with Crippen LogP contribution in [0.15, 0.2) is 23.0 Å². The lowest BCUT2D eigenvalue weighted by atomic mass is 9.95. The number of aromatic amines is 1. The zero-order chi connectivity index (χ0) is 24.7. The summed E-state index contributed by atoms with van der Waals surface area (Å²) < 4.78 is 13.0. The molecular formula is C26H36N6O3. The molecule has 1 saturated carbocycles. The van der Waals surface area contributed by atoms with Gasteiger partial charge in [-0.3, -0.25) is 9.69 Å². The fourth-order valence-corrected chi connectivity index (χ4v) is 5.43. The highest BCUT2D eigenvalue weighted by atomic mass is 16.7. The first kappa shape index (κ1) is 23.8. The van der Waals surface area contributed by atoms with Gasteiger partial charge in [-0.05, 0) is 61.6 Å². The van der Waals surface area contributed by atoms with Gasteiger partial charge in [0.1, 0.15) is 0 Å². The molecule has 0 spiro atoms. The van der Waals surface area contributed by atoms with Crippen LogP contribution >= 0.6 is 0 Å². The van der Waals surface area contributed by atoms with E-state index >= 15 is 0 Å². The number of rotatable bonds is 8. The van der Waals surface area contributed by atoms with E-state index in [1.54, 1.807) is 0 Å². The van der Waals surface area contributed by atoms with Gasteiger partial charge in [-0.2, -0.15) is 0 Å². The van der Waals surface area contributed by atoms with Crippen molar-refractivity contribution in [2.75, 3.05) is 6.79 Å². The Balaban J connectivity index is 1.57. The minimum absolute atomic E-state index is 0.00854. The number of tetrazole rings is 1. The first-order chi connectivity index (χ1) is 16.8. The van der Waals surface area contributed by atoms with Crippen LogP contribution in [0.1, 0.15) is 84.2 Å². The van der Waals surface area contributed by atoms with Crippen LogP contribution in [0.25, 0.3) is 10.9 Å². The highest BCUT2D eigenvalue weighted by Crippen LogP contribution is 2.38. The minimum atomic E-state index is -0.198. The zero-order valence-electron chi connectivity index (χ0n) is 21.4. The molecule has 5 rings (SSSR count). The average Bonchev–Trinajstić information content (AvgIpc) is 3.59. The summed E-state index contributed by atoms with van der Waals surface area (Å²) in [5.74, 6) is 2.52. The predicted molar refractivity (Wildman–Crippen MR) is 133 cm³/mol.